The summed E-state index contributed by atoms with van der Waals surface area (Å²) in [6.45, 7) is 0.745. The second-order valence-electron chi connectivity index (χ2n) is 7.48. The van der Waals surface area contributed by atoms with Crippen molar-refractivity contribution in [1.29, 1.82) is 0 Å². The first-order chi connectivity index (χ1) is 15.1. The first kappa shape index (κ1) is 20.6. The average Bonchev–Trinajstić information content (AvgIpc) is 3.11. The van der Waals surface area contributed by atoms with E-state index in [2.05, 4.69) is 22.8 Å². The van der Waals surface area contributed by atoms with Crippen LogP contribution in [0.3, 0.4) is 0 Å². The number of amides is 1. The number of nitrogens with one attached hydrogen (secondary N) is 2. The second kappa shape index (κ2) is 9.45. The molecule has 0 heterocycles. The van der Waals surface area contributed by atoms with Gasteiger partial charge in [-0.25, -0.2) is 9.59 Å². The Balaban J connectivity index is 1.34. The number of carbonyl (C=O) groups excluding carboxylic acids is 1. The molecule has 3 aromatic carbocycles. The Kier molecular flexibility index (Phi) is 6.29. The van der Waals surface area contributed by atoms with Crippen molar-refractivity contribution in [2.75, 3.05) is 13.2 Å². The molecule has 0 spiro atoms. The van der Waals surface area contributed by atoms with Gasteiger partial charge in [-0.2, -0.15) is 0 Å². The van der Waals surface area contributed by atoms with Gasteiger partial charge in [-0.15, -0.1) is 0 Å². The van der Waals surface area contributed by atoms with Crippen molar-refractivity contribution in [3.63, 3.8) is 0 Å². The highest BCUT2D eigenvalue weighted by molar-refractivity contribution is 5.81. The summed E-state index contributed by atoms with van der Waals surface area (Å²) in [5, 5.41) is 15.0. The van der Waals surface area contributed by atoms with Crippen LogP contribution in [0.25, 0.3) is 11.1 Å². The van der Waals surface area contributed by atoms with E-state index in [1.54, 1.807) is 0 Å². The maximum Gasteiger partial charge on any atom is 0.407 e. The number of alkyl carbamates (subject to hydrolysis) is 1. The van der Waals surface area contributed by atoms with Crippen molar-refractivity contribution in [3.8, 4) is 11.1 Å². The summed E-state index contributed by atoms with van der Waals surface area (Å²) in [5.74, 6) is -1.19. The molecule has 1 aliphatic rings. The smallest absolute Gasteiger partial charge is 0.407 e. The molecule has 0 saturated heterocycles. The minimum Gasteiger partial charge on any atom is -0.480 e. The largest absolute Gasteiger partial charge is 0.480 e. The third kappa shape index (κ3) is 4.75. The highest BCUT2D eigenvalue weighted by Gasteiger charge is 2.29. The van der Waals surface area contributed by atoms with Gasteiger partial charge in [0.15, 0.2) is 0 Å². The fourth-order valence-electron chi connectivity index (χ4n) is 3.94. The lowest BCUT2D eigenvalue weighted by atomic mass is 9.98. The van der Waals surface area contributed by atoms with Gasteiger partial charge in [0.1, 0.15) is 12.6 Å². The van der Waals surface area contributed by atoms with Crippen LogP contribution >= 0.6 is 0 Å². The number of carboxylic acid groups (broad SMARTS) is 1. The quantitative estimate of drug-likeness (QED) is 0.520. The number of aliphatic carboxylic acids is 1. The number of ether oxygens (including phenoxy) is 1. The van der Waals surface area contributed by atoms with Crippen LogP contribution in [0, 0.1) is 0 Å². The molecule has 6 nitrogen and oxygen atoms in total. The molecule has 158 valence electrons. The summed E-state index contributed by atoms with van der Waals surface area (Å²) >= 11 is 0. The van der Waals surface area contributed by atoms with Crippen molar-refractivity contribution < 1.29 is 19.4 Å². The maximum absolute atomic E-state index is 12.3. The number of rotatable bonds is 8. The zero-order valence-corrected chi connectivity index (χ0v) is 17.0. The van der Waals surface area contributed by atoms with Crippen LogP contribution in [-0.2, 0) is 16.1 Å². The number of fused-ring (bicyclic) bond motifs is 3. The predicted octanol–water partition coefficient (Wildman–Crippen LogP) is 3.77. The summed E-state index contributed by atoms with van der Waals surface area (Å²) in [5.41, 5.74) is 5.53. The summed E-state index contributed by atoms with van der Waals surface area (Å²) < 4.78 is 5.44. The molecule has 3 aromatic rings. The van der Waals surface area contributed by atoms with E-state index in [1.807, 2.05) is 66.7 Å². The summed E-state index contributed by atoms with van der Waals surface area (Å²) in [7, 11) is 0. The lowest BCUT2D eigenvalue weighted by Gasteiger charge is -2.18. The van der Waals surface area contributed by atoms with Gasteiger partial charge in [0.2, 0.25) is 0 Å². The standard InChI is InChI=1S/C25H24N2O4/c28-24(29)23(15-26-14-17-8-2-1-3-9-17)27-25(30)31-16-22-20-12-6-4-10-18(20)19-11-5-7-13-21(19)22/h1-13,22-23,26H,14-16H2,(H,27,30)(H,28,29)/t23-/m0/s1. The molecule has 1 aliphatic carbocycles. The van der Waals surface area contributed by atoms with Gasteiger partial charge >= 0.3 is 12.1 Å². The molecular formula is C25H24N2O4. The van der Waals surface area contributed by atoms with Crippen LogP contribution in [0.15, 0.2) is 78.9 Å². The van der Waals surface area contributed by atoms with E-state index in [0.29, 0.717) is 6.54 Å². The Morgan fingerprint density at radius 2 is 1.45 bits per heavy atom. The van der Waals surface area contributed by atoms with Crippen molar-refractivity contribution in [2.45, 2.75) is 18.5 Å². The van der Waals surface area contributed by atoms with E-state index in [4.69, 9.17) is 4.74 Å². The SMILES string of the molecule is O=C(N[C@@H](CNCc1ccccc1)C(=O)O)OCC1c2ccccc2-c2ccccc21. The van der Waals surface area contributed by atoms with Crippen molar-refractivity contribution >= 4 is 12.1 Å². The molecule has 0 radical (unpaired) electrons. The number of carboxylic acids is 1. The van der Waals surface area contributed by atoms with Gasteiger partial charge < -0.3 is 20.5 Å². The lowest BCUT2D eigenvalue weighted by Crippen LogP contribution is -2.47. The summed E-state index contributed by atoms with van der Waals surface area (Å²) in [6, 6.07) is 24.7. The van der Waals surface area contributed by atoms with Crippen molar-refractivity contribution in [3.05, 3.63) is 95.6 Å². The first-order valence-corrected chi connectivity index (χ1v) is 10.2. The molecule has 0 unspecified atom stereocenters. The predicted molar refractivity (Wildman–Crippen MR) is 118 cm³/mol. The van der Waals surface area contributed by atoms with Gasteiger partial charge in [-0.1, -0.05) is 78.9 Å². The third-order valence-electron chi connectivity index (χ3n) is 5.45. The Morgan fingerprint density at radius 1 is 0.871 bits per heavy atom. The van der Waals surface area contributed by atoms with E-state index < -0.39 is 18.1 Å². The normalized spacial score (nSPS) is 13.2. The van der Waals surface area contributed by atoms with E-state index in [0.717, 1.165) is 27.8 Å². The van der Waals surface area contributed by atoms with Gasteiger partial charge in [0, 0.05) is 19.0 Å². The lowest BCUT2D eigenvalue weighted by molar-refractivity contribution is -0.139. The number of benzene rings is 3. The Hall–Kier alpha value is -3.64. The van der Waals surface area contributed by atoms with Crippen molar-refractivity contribution in [2.24, 2.45) is 0 Å². The topological polar surface area (TPSA) is 87.7 Å². The molecule has 0 aromatic heterocycles. The highest BCUT2D eigenvalue weighted by atomic mass is 16.5. The van der Waals surface area contributed by atoms with E-state index in [1.165, 1.54) is 0 Å². The highest BCUT2D eigenvalue weighted by Crippen LogP contribution is 2.44. The zero-order valence-electron chi connectivity index (χ0n) is 17.0. The molecule has 0 bridgehead atoms. The van der Waals surface area contributed by atoms with Crippen molar-refractivity contribution in [1.82, 2.24) is 10.6 Å². The monoisotopic (exact) mass is 416 g/mol. The summed E-state index contributed by atoms with van der Waals surface area (Å²) in [4.78, 5) is 23.9. The molecule has 0 aliphatic heterocycles. The van der Waals surface area contributed by atoms with Crippen LogP contribution in [0.1, 0.15) is 22.6 Å². The minimum atomic E-state index is -1.12. The first-order valence-electron chi connectivity index (χ1n) is 10.2. The fourth-order valence-corrected chi connectivity index (χ4v) is 3.94. The molecule has 4 rings (SSSR count). The minimum absolute atomic E-state index is 0.0716. The van der Waals surface area contributed by atoms with Gasteiger partial charge in [0.25, 0.3) is 0 Å². The van der Waals surface area contributed by atoms with E-state index in [-0.39, 0.29) is 19.1 Å². The second-order valence-corrected chi connectivity index (χ2v) is 7.48. The Morgan fingerprint density at radius 3 is 2.06 bits per heavy atom. The van der Waals surface area contributed by atoms with Gasteiger partial charge in [-0.05, 0) is 27.8 Å². The van der Waals surface area contributed by atoms with Gasteiger partial charge in [0.05, 0.1) is 0 Å². The van der Waals surface area contributed by atoms with Crippen LogP contribution in [0.2, 0.25) is 0 Å². The average molecular weight is 416 g/mol. The summed E-state index contributed by atoms with van der Waals surface area (Å²) in [6.07, 6.45) is -0.740. The van der Waals surface area contributed by atoms with Crippen LogP contribution in [0.4, 0.5) is 4.79 Å². The Labute approximate surface area is 180 Å². The molecule has 3 N–H and O–H groups in total. The molecule has 0 fully saturated rings. The molecule has 1 atom stereocenters. The van der Waals surface area contributed by atoms with Crippen LogP contribution in [-0.4, -0.2) is 36.4 Å². The van der Waals surface area contributed by atoms with Crippen LogP contribution < -0.4 is 10.6 Å². The molecular weight excluding hydrogens is 392 g/mol. The maximum atomic E-state index is 12.3. The fraction of sp³-hybridized carbons (Fsp3) is 0.200. The number of carbonyl (C=O) groups is 2. The zero-order chi connectivity index (χ0) is 21.6. The van der Waals surface area contributed by atoms with Crippen LogP contribution in [0.5, 0.6) is 0 Å². The molecule has 6 heteroatoms. The molecule has 0 saturated carbocycles. The molecule has 1 amide bonds. The van der Waals surface area contributed by atoms with Gasteiger partial charge in [-0.3, -0.25) is 0 Å². The Bertz CT molecular complexity index is 1020. The number of hydrogen-bond donors (Lipinski definition) is 3. The van der Waals surface area contributed by atoms with E-state index >= 15 is 0 Å². The third-order valence-corrected chi connectivity index (χ3v) is 5.45. The molecule has 31 heavy (non-hydrogen) atoms. The number of hydrogen-bond acceptors (Lipinski definition) is 4. The van der Waals surface area contributed by atoms with E-state index in [9.17, 15) is 14.7 Å².